The summed E-state index contributed by atoms with van der Waals surface area (Å²) in [4.78, 5) is 10.9. The summed E-state index contributed by atoms with van der Waals surface area (Å²) in [6.45, 7) is 0.951. The lowest BCUT2D eigenvalue weighted by molar-refractivity contribution is 0.363. The normalized spacial score (nSPS) is 16.4. The monoisotopic (exact) mass is 479 g/mol. The molecule has 31 heavy (non-hydrogen) atoms. The van der Waals surface area contributed by atoms with Gasteiger partial charge in [0.1, 0.15) is 21.6 Å². The predicted octanol–water partition coefficient (Wildman–Crippen LogP) is 2.54. The molecule has 3 N–H and O–H groups in total. The van der Waals surface area contributed by atoms with Gasteiger partial charge in [-0.25, -0.2) is 13.4 Å². The van der Waals surface area contributed by atoms with E-state index in [2.05, 4.69) is 26.2 Å². The molecule has 1 saturated heterocycles. The van der Waals surface area contributed by atoms with Crippen LogP contribution < -0.4 is 10.6 Å². The first kappa shape index (κ1) is 21.8. The highest BCUT2D eigenvalue weighted by Gasteiger charge is 2.35. The molecule has 0 aliphatic carbocycles. The first-order valence-electron chi connectivity index (χ1n) is 9.42. The fourth-order valence-electron chi connectivity index (χ4n) is 3.84. The Balaban J connectivity index is 1.68. The molecule has 3 aromatic rings. The fraction of sp³-hybridized carbons (Fsp3) is 0.368. The lowest BCUT2D eigenvalue weighted by Crippen LogP contribution is -2.54. The van der Waals surface area contributed by atoms with Crippen LogP contribution in [0.5, 0.6) is 0 Å². The van der Waals surface area contributed by atoms with Crippen molar-refractivity contribution in [3.63, 3.8) is 0 Å². The second-order valence-electron chi connectivity index (χ2n) is 7.80. The van der Waals surface area contributed by atoms with E-state index in [-0.39, 0.29) is 11.4 Å². The van der Waals surface area contributed by atoms with Crippen LogP contribution in [0.3, 0.4) is 0 Å². The summed E-state index contributed by atoms with van der Waals surface area (Å²) >= 11 is 12.5. The Kier molecular flexibility index (Phi) is 5.55. The summed E-state index contributed by atoms with van der Waals surface area (Å²) in [6.07, 6.45) is 2.12. The van der Waals surface area contributed by atoms with Crippen LogP contribution in [0.25, 0.3) is 22.3 Å². The molecule has 1 aliphatic heterocycles. The van der Waals surface area contributed by atoms with Crippen molar-refractivity contribution in [2.45, 2.75) is 18.4 Å². The number of sulfone groups is 1. The van der Waals surface area contributed by atoms with E-state index < -0.39 is 15.4 Å². The highest BCUT2D eigenvalue weighted by molar-refractivity contribution is 7.90. The molecule has 3 heterocycles. The van der Waals surface area contributed by atoms with E-state index in [1.165, 1.54) is 6.26 Å². The Labute approximate surface area is 189 Å². The minimum Gasteiger partial charge on any atom is -0.341 e. The number of nitrogens with zero attached hydrogens (tertiary/aromatic N) is 5. The van der Waals surface area contributed by atoms with Gasteiger partial charge in [-0.05, 0) is 18.9 Å². The molecule has 4 rings (SSSR count). The van der Waals surface area contributed by atoms with E-state index in [4.69, 9.17) is 28.9 Å². The van der Waals surface area contributed by atoms with Gasteiger partial charge in [-0.15, -0.1) is 0 Å². The van der Waals surface area contributed by atoms with Crippen molar-refractivity contribution in [2.24, 2.45) is 5.73 Å². The van der Waals surface area contributed by atoms with E-state index in [1.54, 1.807) is 18.2 Å². The van der Waals surface area contributed by atoms with E-state index in [1.807, 2.05) is 4.90 Å². The fourth-order valence-corrected chi connectivity index (χ4v) is 5.56. The zero-order chi connectivity index (χ0) is 22.4. The topological polar surface area (TPSA) is 142 Å². The van der Waals surface area contributed by atoms with Crippen LogP contribution in [-0.4, -0.2) is 59.2 Å². The summed E-state index contributed by atoms with van der Waals surface area (Å²) in [5.74, 6) is 0.291. The Hall–Kier alpha value is -2.45. The van der Waals surface area contributed by atoms with Gasteiger partial charge < -0.3 is 10.6 Å². The van der Waals surface area contributed by atoms with Gasteiger partial charge in [0, 0.05) is 30.4 Å². The number of piperidine rings is 1. The number of benzene rings is 1. The standard InChI is InChI=1S/C19H19Cl2N7O2S/c1-31(29,30)10-19(23)5-7-28(8-6-19)18-24-13(9-22)14-16(26-27-17(14)25-18)11-3-2-4-12(20)15(11)21/h2-4H,5-8,10,23H2,1H3,(H,24,25,26,27). The SMILES string of the molecule is CS(=O)(=O)CC1(N)CCN(c2nc(C#N)c3c(-c4cccc(Cl)c4Cl)n[nH]c3n2)CC1. The number of fused-ring (bicyclic) bond motifs is 1. The molecule has 162 valence electrons. The molecule has 0 saturated carbocycles. The summed E-state index contributed by atoms with van der Waals surface area (Å²) < 4.78 is 23.3. The van der Waals surface area contributed by atoms with Gasteiger partial charge in [-0.1, -0.05) is 35.3 Å². The third kappa shape index (κ3) is 4.32. The van der Waals surface area contributed by atoms with Gasteiger partial charge in [0.05, 0.1) is 21.2 Å². The van der Waals surface area contributed by atoms with Crippen LogP contribution in [0.15, 0.2) is 18.2 Å². The summed E-state index contributed by atoms with van der Waals surface area (Å²) in [5.41, 5.74) is 7.07. The average molecular weight is 480 g/mol. The van der Waals surface area contributed by atoms with Gasteiger partial charge in [-0.2, -0.15) is 15.3 Å². The second kappa shape index (κ2) is 7.91. The van der Waals surface area contributed by atoms with Gasteiger partial charge in [0.2, 0.25) is 5.95 Å². The maximum Gasteiger partial charge on any atom is 0.228 e. The van der Waals surface area contributed by atoms with Crippen molar-refractivity contribution in [2.75, 3.05) is 30.0 Å². The van der Waals surface area contributed by atoms with Gasteiger partial charge in [-0.3, -0.25) is 5.10 Å². The highest BCUT2D eigenvalue weighted by atomic mass is 35.5. The molecule has 1 fully saturated rings. The molecule has 2 aromatic heterocycles. The van der Waals surface area contributed by atoms with Crippen LogP contribution >= 0.6 is 23.2 Å². The van der Waals surface area contributed by atoms with Crippen molar-refractivity contribution >= 4 is 50.0 Å². The van der Waals surface area contributed by atoms with E-state index in [0.29, 0.717) is 64.2 Å². The van der Waals surface area contributed by atoms with Crippen molar-refractivity contribution in [1.29, 1.82) is 5.26 Å². The third-order valence-corrected chi connectivity index (χ3v) is 7.23. The molecule has 1 aliphatic rings. The van der Waals surface area contributed by atoms with Crippen LogP contribution in [0.1, 0.15) is 18.5 Å². The molecule has 0 atom stereocenters. The quantitative estimate of drug-likeness (QED) is 0.580. The van der Waals surface area contributed by atoms with Crippen LogP contribution in [-0.2, 0) is 9.84 Å². The number of aromatic amines is 1. The van der Waals surface area contributed by atoms with Crippen molar-refractivity contribution in [1.82, 2.24) is 20.2 Å². The van der Waals surface area contributed by atoms with Crippen LogP contribution in [0.4, 0.5) is 5.95 Å². The number of H-pyrrole nitrogens is 1. The maximum atomic E-state index is 11.7. The zero-order valence-electron chi connectivity index (χ0n) is 16.6. The number of hydrogen-bond acceptors (Lipinski definition) is 8. The van der Waals surface area contributed by atoms with Crippen LogP contribution in [0.2, 0.25) is 10.0 Å². The van der Waals surface area contributed by atoms with Crippen molar-refractivity contribution < 1.29 is 8.42 Å². The Bertz CT molecular complexity index is 1310. The predicted molar refractivity (Wildman–Crippen MR) is 120 cm³/mol. The minimum atomic E-state index is -3.19. The molecule has 0 amide bonds. The summed E-state index contributed by atoms with van der Waals surface area (Å²) in [7, 11) is -3.19. The first-order valence-corrected chi connectivity index (χ1v) is 12.2. The van der Waals surface area contributed by atoms with Gasteiger partial charge in [0.15, 0.2) is 11.3 Å². The average Bonchev–Trinajstić information content (AvgIpc) is 3.12. The third-order valence-electron chi connectivity index (χ3n) is 5.31. The molecular weight excluding hydrogens is 461 g/mol. The Morgan fingerprint density at radius 3 is 2.65 bits per heavy atom. The number of nitrogens with two attached hydrogens (primary N) is 1. The zero-order valence-corrected chi connectivity index (χ0v) is 18.9. The molecule has 12 heteroatoms. The van der Waals surface area contributed by atoms with Crippen molar-refractivity contribution in [3.8, 4) is 17.3 Å². The number of hydrogen-bond donors (Lipinski definition) is 2. The second-order valence-corrected chi connectivity index (χ2v) is 10.7. The smallest absolute Gasteiger partial charge is 0.228 e. The maximum absolute atomic E-state index is 11.7. The molecule has 1 aromatic carbocycles. The summed E-state index contributed by atoms with van der Waals surface area (Å²) in [6, 6.07) is 7.28. The van der Waals surface area contributed by atoms with E-state index >= 15 is 0 Å². The van der Waals surface area contributed by atoms with Crippen molar-refractivity contribution in [3.05, 3.63) is 33.9 Å². The molecule has 0 spiro atoms. The molecule has 0 unspecified atom stereocenters. The Morgan fingerprint density at radius 1 is 1.29 bits per heavy atom. The number of halogens is 2. The molecule has 0 bridgehead atoms. The van der Waals surface area contributed by atoms with E-state index in [9.17, 15) is 13.7 Å². The molecule has 0 radical (unpaired) electrons. The molecule has 9 nitrogen and oxygen atoms in total. The minimum absolute atomic E-state index is 0.0680. The lowest BCUT2D eigenvalue weighted by Gasteiger charge is -2.38. The summed E-state index contributed by atoms with van der Waals surface area (Å²) in [5, 5.41) is 18.0. The number of rotatable bonds is 4. The highest BCUT2D eigenvalue weighted by Crippen LogP contribution is 2.37. The number of nitriles is 1. The Morgan fingerprint density at radius 2 is 2.00 bits per heavy atom. The molecular formula is C19H19Cl2N7O2S. The van der Waals surface area contributed by atoms with E-state index in [0.717, 1.165) is 0 Å². The largest absolute Gasteiger partial charge is 0.341 e. The lowest BCUT2D eigenvalue weighted by atomic mass is 9.91. The first-order chi connectivity index (χ1) is 14.6. The van der Waals surface area contributed by atoms with Gasteiger partial charge >= 0.3 is 0 Å². The number of nitrogens with one attached hydrogen (secondary N) is 1. The number of aromatic nitrogens is 4. The van der Waals surface area contributed by atoms with Crippen LogP contribution in [0, 0.1) is 11.3 Å². The van der Waals surface area contributed by atoms with Gasteiger partial charge in [0.25, 0.3) is 0 Å². The number of anilines is 1.